The Morgan fingerprint density at radius 3 is 3.00 bits per heavy atom. The molecule has 0 spiro atoms. The predicted molar refractivity (Wildman–Crippen MR) is 46.4 cm³/mol. The number of hydrogen-bond donors (Lipinski definition) is 0. The van der Waals surface area contributed by atoms with E-state index in [4.69, 9.17) is 11.6 Å². The van der Waals surface area contributed by atoms with Gasteiger partial charge in [0.2, 0.25) is 0 Å². The van der Waals surface area contributed by atoms with E-state index in [1.54, 1.807) is 0 Å². The maximum Gasteiger partial charge on any atom is 0.276 e. The zero-order valence-electron chi connectivity index (χ0n) is 6.37. The highest BCUT2D eigenvalue weighted by Crippen LogP contribution is 2.03. The predicted octanol–water partition coefficient (Wildman–Crippen LogP) is 1.49. The molecule has 2 aromatic rings. The Kier molecular flexibility index (Phi) is 1.77. The Bertz CT molecular complexity index is 518. The Morgan fingerprint density at radius 2 is 2.23 bits per heavy atom. The molecule has 2 heterocycles. The topological polar surface area (TPSA) is 34.4 Å². The summed E-state index contributed by atoms with van der Waals surface area (Å²) in [6.45, 7) is 0. The lowest BCUT2D eigenvalue weighted by Crippen LogP contribution is -2.14. The smallest absolute Gasteiger partial charge is 0.267 e. The van der Waals surface area contributed by atoms with E-state index in [0.29, 0.717) is 5.65 Å². The maximum absolute atomic E-state index is 12.7. The fourth-order valence-electron chi connectivity index (χ4n) is 1.03. The van der Waals surface area contributed by atoms with Crippen molar-refractivity contribution in [3.8, 4) is 0 Å². The molecule has 0 saturated heterocycles. The maximum atomic E-state index is 12.7. The monoisotopic (exact) mass is 198 g/mol. The van der Waals surface area contributed by atoms with Crippen molar-refractivity contribution in [3.05, 3.63) is 45.7 Å². The number of pyridine rings is 1. The summed E-state index contributed by atoms with van der Waals surface area (Å²) >= 11 is 5.52. The molecule has 2 rings (SSSR count). The van der Waals surface area contributed by atoms with Crippen LogP contribution < -0.4 is 5.56 Å². The van der Waals surface area contributed by atoms with Crippen molar-refractivity contribution < 1.29 is 4.39 Å². The van der Waals surface area contributed by atoms with Crippen molar-refractivity contribution >= 4 is 17.2 Å². The lowest BCUT2D eigenvalue weighted by Gasteiger charge is -1.98. The van der Waals surface area contributed by atoms with E-state index in [0.717, 1.165) is 10.6 Å². The van der Waals surface area contributed by atoms with E-state index in [1.807, 2.05) is 0 Å². The summed E-state index contributed by atoms with van der Waals surface area (Å²) in [6, 6.07) is 2.64. The number of rotatable bonds is 0. The zero-order chi connectivity index (χ0) is 9.42. The number of nitrogens with zero attached hydrogens (tertiary/aromatic N) is 2. The van der Waals surface area contributed by atoms with Gasteiger partial charge in [0.15, 0.2) is 0 Å². The Labute approximate surface area is 77.4 Å². The van der Waals surface area contributed by atoms with Gasteiger partial charge in [0, 0.05) is 6.20 Å². The van der Waals surface area contributed by atoms with Gasteiger partial charge in [-0.25, -0.2) is 9.37 Å². The van der Waals surface area contributed by atoms with Crippen LogP contribution in [0.3, 0.4) is 0 Å². The van der Waals surface area contributed by atoms with E-state index in [-0.39, 0.29) is 5.02 Å². The Balaban J connectivity index is 2.97. The average Bonchev–Trinajstić information content (AvgIpc) is 2.12. The highest BCUT2D eigenvalue weighted by molar-refractivity contribution is 6.30. The van der Waals surface area contributed by atoms with Gasteiger partial charge >= 0.3 is 0 Å². The van der Waals surface area contributed by atoms with Crippen LogP contribution in [-0.4, -0.2) is 9.38 Å². The average molecular weight is 199 g/mol. The lowest BCUT2D eigenvalue weighted by atomic mass is 10.4. The molecule has 0 aliphatic carbocycles. The quantitative estimate of drug-likeness (QED) is 0.643. The molecule has 0 radical (unpaired) electrons. The molecular weight excluding hydrogens is 195 g/mol. The second-order valence-corrected chi connectivity index (χ2v) is 2.89. The molecule has 0 amide bonds. The van der Waals surface area contributed by atoms with Crippen LogP contribution in [0.4, 0.5) is 4.39 Å². The van der Waals surface area contributed by atoms with Gasteiger partial charge in [-0.3, -0.25) is 9.20 Å². The molecule has 0 fully saturated rings. The van der Waals surface area contributed by atoms with E-state index < -0.39 is 11.4 Å². The first-order chi connectivity index (χ1) is 6.18. The SMILES string of the molecule is O=c1c(Cl)cnc2ccc(F)cn12. The first-order valence-corrected chi connectivity index (χ1v) is 3.89. The fourth-order valence-corrected chi connectivity index (χ4v) is 1.17. The summed E-state index contributed by atoms with van der Waals surface area (Å²) in [5.74, 6) is -0.501. The number of hydrogen-bond acceptors (Lipinski definition) is 2. The molecule has 0 atom stereocenters. The second kappa shape index (κ2) is 2.81. The van der Waals surface area contributed by atoms with Crippen molar-refractivity contribution in [3.63, 3.8) is 0 Å². The van der Waals surface area contributed by atoms with Crippen LogP contribution in [-0.2, 0) is 0 Å². The molecule has 2 aromatic heterocycles. The van der Waals surface area contributed by atoms with Crippen molar-refractivity contribution in [2.75, 3.05) is 0 Å². The molecule has 0 aromatic carbocycles. The zero-order valence-corrected chi connectivity index (χ0v) is 7.12. The lowest BCUT2D eigenvalue weighted by molar-refractivity contribution is 0.617. The highest BCUT2D eigenvalue weighted by Gasteiger charge is 2.02. The number of halogens is 2. The first-order valence-electron chi connectivity index (χ1n) is 3.51. The van der Waals surface area contributed by atoms with E-state index >= 15 is 0 Å². The molecule has 3 nitrogen and oxygen atoms in total. The van der Waals surface area contributed by atoms with Crippen LogP contribution in [0, 0.1) is 5.82 Å². The summed E-state index contributed by atoms with van der Waals surface area (Å²) in [7, 11) is 0. The molecule has 0 aliphatic rings. The molecule has 0 saturated carbocycles. The number of fused-ring (bicyclic) bond motifs is 1. The van der Waals surface area contributed by atoms with Gasteiger partial charge in [-0.05, 0) is 12.1 Å². The molecule has 66 valence electrons. The van der Waals surface area contributed by atoms with Crippen LogP contribution >= 0.6 is 11.6 Å². The molecule has 0 bridgehead atoms. The fraction of sp³-hybridized carbons (Fsp3) is 0. The Hall–Kier alpha value is -1.42. The van der Waals surface area contributed by atoms with Crippen LogP contribution in [0.2, 0.25) is 5.02 Å². The van der Waals surface area contributed by atoms with Gasteiger partial charge in [-0.2, -0.15) is 0 Å². The van der Waals surface area contributed by atoms with Crippen molar-refractivity contribution in [2.45, 2.75) is 0 Å². The minimum Gasteiger partial charge on any atom is -0.267 e. The normalized spacial score (nSPS) is 10.6. The van der Waals surface area contributed by atoms with Gasteiger partial charge in [0.05, 0.1) is 6.20 Å². The summed E-state index contributed by atoms with van der Waals surface area (Å²) < 4.78 is 13.8. The summed E-state index contributed by atoms with van der Waals surface area (Å²) in [5.41, 5.74) is -0.0954. The van der Waals surface area contributed by atoms with E-state index in [1.165, 1.54) is 18.3 Å². The summed E-state index contributed by atoms with van der Waals surface area (Å²) in [6.07, 6.45) is 2.30. The summed E-state index contributed by atoms with van der Waals surface area (Å²) in [5, 5.41) is -0.0249. The van der Waals surface area contributed by atoms with Gasteiger partial charge < -0.3 is 0 Å². The van der Waals surface area contributed by atoms with Crippen LogP contribution in [0.5, 0.6) is 0 Å². The molecule has 0 aliphatic heterocycles. The highest BCUT2D eigenvalue weighted by atomic mass is 35.5. The van der Waals surface area contributed by atoms with Crippen LogP contribution in [0.1, 0.15) is 0 Å². The van der Waals surface area contributed by atoms with Crippen molar-refractivity contribution in [2.24, 2.45) is 0 Å². The number of aromatic nitrogens is 2. The van der Waals surface area contributed by atoms with Crippen LogP contribution in [0.15, 0.2) is 29.3 Å². The summed E-state index contributed by atoms with van der Waals surface area (Å²) in [4.78, 5) is 15.2. The minimum absolute atomic E-state index is 0.0249. The van der Waals surface area contributed by atoms with Gasteiger partial charge in [-0.1, -0.05) is 11.6 Å². The van der Waals surface area contributed by atoms with Crippen molar-refractivity contribution in [1.29, 1.82) is 0 Å². The first kappa shape index (κ1) is 8.19. The largest absolute Gasteiger partial charge is 0.276 e. The third-order valence-corrected chi connectivity index (χ3v) is 1.88. The third kappa shape index (κ3) is 1.29. The molecule has 5 heteroatoms. The van der Waals surface area contributed by atoms with E-state index in [9.17, 15) is 9.18 Å². The molecular formula is C8H4ClFN2O. The third-order valence-electron chi connectivity index (χ3n) is 1.62. The molecule has 13 heavy (non-hydrogen) atoms. The molecule has 0 unspecified atom stereocenters. The standard InChI is InChI=1S/C8H4ClFN2O/c9-6-3-11-7-2-1-5(10)4-12(7)8(6)13/h1-4H. The second-order valence-electron chi connectivity index (χ2n) is 2.49. The van der Waals surface area contributed by atoms with Gasteiger partial charge in [0.25, 0.3) is 5.56 Å². The van der Waals surface area contributed by atoms with Crippen molar-refractivity contribution in [1.82, 2.24) is 9.38 Å². The van der Waals surface area contributed by atoms with E-state index in [2.05, 4.69) is 4.98 Å². The minimum atomic E-state index is -0.501. The van der Waals surface area contributed by atoms with Gasteiger partial charge in [-0.15, -0.1) is 0 Å². The Morgan fingerprint density at radius 1 is 1.46 bits per heavy atom. The molecule has 0 N–H and O–H groups in total. The van der Waals surface area contributed by atoms with Gasteiger partial charge in [0.1, 0.15) is 16.5 Å². The van der Waals surface area contributed by atoms with Crippen LogP contribution in [0.25, 0.3) is 5.65 Å².